The molecule has 4 aromatic rings. The van der Waals surface area contributed by atoms with E-state index < -0.39 is 0 Å². The minimum Gasteiger partial charge on any atom is -0.485 e. The SMILES string of the molecule is Cc1nnnn1-c1ccc(C(=O)Nc2ccccc2OCc2ccccn2)cc1. The number of hydrogen-bond donors (Lipinski definition) is 1. The number of carbonyl (C=O) groups excluding carboxylic acids is 1. The van der Waals surface area contributed by atoms with Crippen molar-refractivity contribution in [3.63, 3.8) is 0 Å². The Labute approximate surface area is 167 Å². The summed E-state index contributed by atoms with van der Waals surface area (Å²) in [7, 11) is 0. The van der Waals surface area contributed by atoms with Gasteiger partial charge in [0.05, 0.1) is 17.1 Å². The zero-order valence-corrected chi connectivity index (χ0v) is 15.7. The molecule has 0 spiro atoms. The summed E-state index contributed by atoms with van der Waals surface area (Å²) in [5, 5.41) is 14.3. The van der Waals surface area contributed by atoms with Gasteiger partial charge in [0.15, 0.2) is 5.82 Å². The van der Waals surface area contributed by atoms with Crippen LogP contribution >= 0.6 is 0 Å². The number of para-hydroxylation sites is 2. The first-order valence-electron chi connectivity index (χ1n) is 8.99. The van der Waals surface area contributed by atoms with Gasteiger partial charge in [-0.15, -0.1) is 5.10 Å². The van der Waals surface area contributed by atoms with Gasteiger partial charge in [-0.05, 0) is 65.9 Å². The maximum absolute atomic E-state index is 12.7. The molecule has 2 aromatic carbocycles. The molecule has 0 aliphatic rings. The van der Waals surface area contributed by atoms with Gasteiger partial charge in [-0.2, -0.15) is 4.68 Å². The van der Waals surface area contributed by atoms with Gasteiger partial charge in [0.25, 0.3) is 5.91 Å². The number of pyridine rings is 1. The number of anilines is 1. The van der Waals surface area contributed by atoms with E-state index in [1.807, 2.05) is 43.3 Å². The van der Waals surface area contributed by atoms with Crippen LogP contribution in [0.15, 0.2) is 72.9 Å². The van der Waals surface area contributed by atoms with Gasteiger partial charge in [-0.1, -0.05) is 18.2 Å². The highest BCUT2D eigenvalue weighted by molar-refractivity contribution is 6.05. The van der Waals surface area contributed by atoms with Crippen LogP contribution in [0.4, 0.5) is 5.69 Å². The molecule has 0 aliphatic heterocycles. The summed E-state index contributed by atoms with van der Waals surface area (Å²) in [6.07, 6.45) is 1.72. The van der Waals surface area contributed by atoms with E-state index in [-0.39, 0.29) is 5.91 Å². The van der Waals surface area contributed by atoms with Gasteiger partial charge in [0.1, 0.15) is 12.4 Å². The molecule has 0 saturated carbocycles. The number of rotatable bonds is 6. The molecule has 8 nitrogen and oxygen atoms in total. The van der Waals surface area contributed by atoms with Crippen LogP contribution in [0.5, 0.6) is 5.75 Å². The summed E-state index contributed by atoms with van der Waals surface area (Å²) in [5.74, 6) is 1.01. The largest absolute Gasteiger partial charge is 0.485 e. The number of hydrogen-bond acceptors (Lipinski definition) is 6. The summed E-state index contributed by atoms with van der Waals surface area (Å²) < 4.78 is 7.44. The highest BCUT2D eigenvalue weighted by atomic mass is 16.5. The van der Waals surface area contributed by atoms with E-state index in [4.69, 9.17) is 4.74 Å². The lowest BCUT2D eigenvalue weighted by Crippen LogP contribution is -2.13. The lowest BCUT2D eigenvalue weighted by Gasteiger charge is -2.12. The van der Waals surface area contributed by atoms with Crippen molar-refractivity contribution in [1.29, 1.82) is 0 Å². The number of aromatic nitrogens is 5. The van der Waals surface area contributed by atoms with Crippen molar-refractivity contribution in [2.24, 2.45) is 0 Å². The first-order chi connectivity index (χ1) is 14.2. The van der Waals surface area contributed by atoms with Gasteiger partial charge in [0.2, 0.25) is 0 Å². The molecule has 2 heterocycles. The molecular weight excluding hydrogens is 368 g/mol. The van der Waals surface area contributed by atoms with Crippen LogP contribution in [0.3, 0.4) is 0 Å². The third kappa shape index (κ3) is 4.27. The van der Waals surface area contributed by atoms with Gasteiger partial charge in [-0.25, -0.2) is 0 Å². The zero-order chi connectivity index (χ0) is 20.1. The van der Waals surface area contributed by atoms with E-state index in [0.717, 1.165) is 11.4 Å². The summed E-state index contributed by atoms with van der Waals surface area (Å²) in [4.78, 5) is 16.9. The Balaban J connectivity index is 1.46. The van der Waals surface area contributed by atoms with Gasteiger partial charge >= 0.3 is 0 Å². The predicted molar refractivity (Wildman–Crippen MR) is 107 cm³/mol. The van der Waals surface area contributed by atoms with Crippen molar-refractivity contribution in [3.05, 3.63) is 90.0 Å². The molecule has 8 heteroatoms. The Morgan fingerprint density at radius 1 is 1.03 bits per heavy atom. The number of nitrogens with one attached hydrogen (secondary N) is 1. The van der Waals surface area contributed by atoms with Crippen LogP contribution < -0.4 is 10.1 Å². The molecule has 0 unspecified atom stereocenters. The highest BCUT2D eigenvalue weighted by Gasteiger charge is 2.11. The second-order valence-corrected chi connectivity index (χ2v) is 6.24. The fourth-order valence-electron chi connectivity index (χ4n) is 2.75. The average molecular weight is 386 g/mol. The topological polar surface area (TPSA) is 94.8 Å². The Morgan fingerprint density at radius 2 is 1.83 bits per heavy atom. The first-order valence-corrected chi connectivity index (χ1v) is 8.99. The van der Waals surface area contributed by atoms with Crippen molar-refractivity contribution in [3.8, 4) is 11.4 Å². The van der Waals surface area contributed by atoms with E-state index in [9.17, 15) is 4.79 Å². The van der Waals surface area contributed by atoms with E-state index in [1.165, 1.54) is 0 Å². The number of amides is 1. The standard InChI is InChI=1S/C21H18N6O2/c1-15-24-25-26-27(15)18-11-9-16(10-12-18)21(28)23-19-7-2-3-8-20(19)29-14-17-6-4-5-13-22-17/h2-13H,14H2,1H3,(H,23,28). The maximum Gasteiger partial charge on any atom is 0.255 e. The molecule has 2 aromatic heterocycles. The highest BCUT2D eigenvalue weighted by Crippen LogP contribution is 2.25. The van der Waals surface area contributed by atoms with Gasteiger partial charge < -0.3 is 10.1 Å². The van der Waals surface area contributed by atoms with Crippen molar-refractivity contribution in [2.75, 3.05) is 5.32 Å². The predicted octanol–water partition coefficient (Wildman–Crippen LogP) is 3.20. The molecule has 0 aliphatic carbocycles. The third-order valence-electron chi connectivity index (χ3n) is 4.24. The Bertz CT molecular complexity index is 1110. The normalized spacial score (nSPS) is 10.5. The van der Waals surface area contributed by atoms with E-state index >= 15 is 0 Å². The second-order valence-electron chi connectivity index (χ2n) is 6.24. The van der Waals surface area contributed by atoms with Crippen LogP contribution in [0.2, 0.25) is 0 Å². The number of aryl methyl sites for hydroxylation is 1. The van der Waals surface area contributed by atoms with Crippen molar-refractivity contribution >= 4 is 11.6 Å². The Hall–Kier alpha value is -4.07. The molecule has 1 amide bonds. The average Bonchev–Trinajstić information content (AvgIpc) is 3.20. The van der Waals surface area contributed by atoms with E-state index in [0.29, 0.717) is 29.4 Å². The molecule has 4 rings (SSSR count). The van der Waals surface area contributed by atoms with Crippen molar-refractivity contribution < 1.29 is 9.53 Å². The molecule has 0 fully saturated rings. The number of nitrogens with zero attached hydrogens (tertiary/aromatic N) is 5. The van der Waals surface area contributed by atoms with Crippen LogP contribution in [0, 0.1) is 6.92 Å². The van der Waals surface area contributed by atoms with Crippen LogP contribution in [0.1, 0.15) is 21.9 Å². The summed E-state index contributed by atoms with van der Waals surface area (Å²) in [6.45, 7) is 2.12. The van der Waals surface area contributed by atoms with Gasteiger partial charge in [0, 0.05) is 11.8 Å². The molecule has 29 heavy (non-hydrogen) atoms. The molecule has 144 valence electrons. The number of carbonyl (C=O) groups is 1. The molecule has 1 N–H and O–H groups in total. The molecule has 0 atom stereocenters. The molecular formula is C21H18N6O2. The van der Waals surface area contributed by atoms with Crippen molar-refractivity contribution in [2.45, 2.75) is 13.5 Å². The lowest BCUT2D eigenvalue weighted by atomic mass is 10.2. The zero-order valence-electron chi connectivity index (χ0n) is 15.7. The maximum atomic E-state index is 12.7. The third-order valence-corrected chi connectivity index (χ3v) is 4.24. The molecule has 0 saturated heterocycles. The van der Waals surface area contributed by atoms with Gasteiger partial charge in [-0.3, -0.25) is 9.78 Å². The fourth-order valence-corrected chi connectivity index (χ4v) is 2.75. The number of ether oxygens (including phenoxy) is 1. The quantitative estimate of drug-likeness (QED) is 0.547. The smallest absolute Gasteiger partial charge is 0.255 e. The Kier molecular flexibility index (Phi) is 5.24. The number of tetrazole rings is 1. The summed E-state index contributed by atoms with van der Waals surface area (Å²) in [5.41, 5.74) is 2.69. The lowest BCUT2D eigenvalue weighted by molar-refractivity contribution is 0.102. The van der Waals surface area contributed by atoms with Crippen LogP contribution in [-0.4, -0.2) is 31.1 Å². The number of benzene rings is 2. The minimum absolute atomic E-state index is 0.237. The Morgan fingerprint density at radius 3 is 2.55 bits per heavy atom. The van der Waals surface area contributed by atoms with Crippen LogP contribution in [-0.2, 0) is 6.61 Å². The van der Waals surface area contributed by atoms with Crippen molar-refractivity contribution in [1.82, 2.24) is 25.2 Å². The second kappa shape index (κ2) is 8.30. The fraction of sp³-hybridized carbons (Fsp3) is 0.0952. The monoisotopic (exact) mass is 386 g/mol. The minimum atomic E-state index is -0.237. The van der Waals surface area contributed by atoms with E-state index in [1.54, 1.807) is 41.2 Å². The molecule has 0 bridgehead atoms. The van der Waals surface area contributed by atoms with E-state index in [2.05, 4.69) is 25.8 Å². The molecule has 0 radical (unpaired) electrons. The first kappa shape index (κ1) is 18.3. The van der Waals surface area contributed by atoms with Crippen LogP contribution in [0.25, 0.3) is 5.69 Å². The summed E-state index contributed by atoms with van der Waals surface area (Å²) >= 11 is 0. The summed E-state index contributed by atoms with van der Waals surface area (Å²) in [6, 6.07) is 20.0.